The summed E-state index contributed by atoms with van der Waals surface area (Å²) in [6.45, 7) is 0.223. The van der Waals surface area contributed by atoms with Crippen molar-refractivity contribution in [3.05, 3.63) is 35.9 Å². The largest absolute Gasteiger partial charge is 0.396 e. The number of hydrogen-bond donors (Lipinski definition) is 2. The summed E-state index contributed by atoms with van der Waals surface area (Å²) in [6, 6.07) is 9.66. The molecule has 2 rings (SSSR count). The normalized spacial score (nSPS) is 10.6. The molecule has 0 aliphatic carbocycles. The van der Waals surface area contributed by atoms with Gasteiger partial charge < -0.3 is 15.4 Å². The van der Waals surface area contributed by atoms with Gasteiger partial charge in [0.15, 0.2) is 11.6 Å². The Balaban J connectivity index is 2.13. The topological polar surface area (TPSA) is 72.3 Å². The van der Waals surface area contributed by atoms with Gasteiger partial charge in [-0.25, -0.2) is 0 Å². The monoisotopic (exact) mass is 218 g/mol. The van der Waals surface area contributed by atoms with E-state index in [1.54, 1.807) is 6.07 Å². The number of nitrogens with zero attached hydrogens (tertiary/aromatic N) is 1. The zero-order valence-corrected chi connectivity index (χ0v) is 8.89. The molecule has 3 N–H and O–H groups in total. The van der Waals surface area contributed by atoms with Crippen LogP contribution in [0.1, 0.15) is 12.0 Å². The predicted molar refractivity (Wildman–Crippen MR) is 61.8 cm³/mol. The van der Waals surface area contributed by atoms with Crippen molar-refractivity contribution in [1.82, 2.24) is 5.16 Å². The molecule has 0 aliphatic heterocycles. The lowest BCUT2D eigenvalue weighted by Gasteiger charge is -2.00. The molecule has 4 heteroatoms. The molecule has 0 saturated heterocycles. The van der Waals surface area contributed by atoms with Crippen LogP contribution in [0.2, 0.25) is 0 Å². The molecule has 0 bridgehead atoms. The fraction of sp³-hybridized carbons (Fsp3) is 0.250. The highest BCUT2D eigenvalue weighted by Gasteiger charge is 2.04. The molecule has 1 heterocycles. The van der Waals surface area contributed by atoms with Crippen molar-refractivity contribution in [3.63, 3.8) is 0 Å². The van der Waals surface area contributed by atoms with E-state index in [1.165, 1.54) is 5.56 Å². The van der Waals surface area contributed by atoms with Crippen LogP contribution in [0.25, 0.3) is 11.3 Å². The van der Waals surface area contributed by atoms with Gasteiger partial charge in [-0.15, -0.1) is 0 Å². The molecular formula is C12H14N2O2. The number of aliphatic hydroxyl groups is 1. The summed E-state index contributed by atoms with van der Waals surface area (Å²) in [5, 5.41) is 12.4. The Morgan fingerprint density at radius 3 is 2.56 bits per heavy atom. The maximum absolute atomic E-state index is 8.73. The average Bonchev–Trinajstić information content (AvgIpc) is 2.74. The van der Waals surface area contributed by atoms with Gasteiger partial charge in [-0.1, -0.05) is 29.4 Å². The fourth-order valence-electron chi connectivity index (χ4n) is 1.54. The Labute approximate surface area is 93.7 Å². The van der Waals surface area contributed by atoms with E-state index < -0.39 is 0 Å². The maximum atomic E-state index is 8.73. The lowest BCUT2D eigenvalue weighted by Crippen LogP contribution is -1.88. The van der Waals surface area contributed by atoms with E-state index in [4.69, 9.17) is 15.4 Å². The van der Waals surface area contributed by atoms with Crippen molar-refractivity contribution in [2.24, 2.45) is 0 Å². The van der Waals surface area contributed by atoms with Gasteiger partial charge in [-0.05, 0) is 18.4 Å². The Hall–Kier alpha value is -1.81. The Kier molecular flexibility index (Phi) is 3.22. The molecule has 0 unspecified atom stereocenters. The minimum atomic E-state index is 0.223. The molecule has 0 saturated carbocycles. The number of hydrogen-bond acceptors (Lipinski definition) is 4. The predicted octanol–water partition coefficient (Wildman–Crippen LogP) is 1.85. The lowest BCUT2D eigenvalue weighted by molar-refractivity contribution is 0.288. The smallest absolute Gasteiger partial charge is 0.169 e. The van der Waals surface area contributed by atoms with Gasteiger partial charge in [0.25, 0.3) is 0 Å². The van der Waals surface area contributed by atoms with E-state index in [0.717, 1.165) is 18.4 Å². The highest BCUT2D eigenvalue weighted by Crippen LogP contribution is 2.21. The number of aromatic nitrogens is 1. The zero-order valence-electron chi connectivity index (χ0n) is 8.89. The highest BCUT2D eigenvalue weighted by molar-refractivity contribution is 5.60. The van der Waals surface area contributed by atoms with Crippen molar-refractivity contribution in [3.8, 4) is 11.3 Å². The van der Waals surface area contributed by atoms with Crippen LogP contribution in [-0.2, 0) is 6.42 Å². The standard InChI is InChI=1S/C12H14N2O2/c13-12-8-11(16-14-12)10-5-3-9(4-6-10)2-1-7-15/h3-6,8,15H,1-2,7H2,(H2,13,14). The number of rotatable bonds is 4. The van der Waals surface area contributed by atoms with Gasteiger partial charge in [0.1, 0.15) is 0 Å². The van der Waals surface area contributed by atoms with Crippen LogP contribution < -0.4 is 5.73 Å². The van der Waals surface area contributed by atoms with Crippen molar-refractivity contribution in [1.29, 1.82) is 0 Å². The lowest BCUT2D eigenvalue weighted by atomic mass is 10.1. The first-order valence-corrected chi connectivity index (χ1v) is 5.22. The van der Waals surface area contributed by atoms with E-state index in [9.17, 15) is 0 Å². The maximum Gasteiger partial charge on any atom is 0.169 e. The number of anilines is 1. The van der Waals surface area contributed by atoms with Crippen molar-refractivity contribution in [2.75, 3.05) is 12.3 Å². The summed E-state index contributed by atoms with van der Waals surface area (Å²) in [5.74, 6) is 1.06. The van der Waals surface area contributed by atoms with Gasteiger partial charge in [0.2, 0.25) is 0 Å². The first kappa shape index (κ1) is 10.7. The van der Waals surface area contributed by atoms with Crippen molar-refractivity contribution < 1.29 is 9.63 Å². The molecule has 0 fully saturated rings. The number of benzene rings is 1. The van der Waals surface area contributed by atoms with Crippen LogP contribution in [0, 0.1) is 0 Å². The van der Waals surface area contributed by atoms with E-state index in [1.807, 2.05) is 24.3 Å². The van der Waals surface area contributed by atoms with Gasteiger partial charge in [-0.2, -0.15) is 0 Å². The molecule has 4 nitrogen and oxygen atoms in total. The second-order valence-corrected chi connectivity index (χ2v) is 3.64. The van der Waals surface area contributed by atoms with Crippen LogP contribution in [0.15, 0.2) is 34.9 Å². The molecule has 0 atom stereocenters. The molecular weight excluding hydrogens is 204 g/mol. The molecule has 1 aromatic carbocycles. The second-order valence-electron chi connectivity index (χ2n) is 3.64. The van der Waals surface area contributed by atoms with Crippen LogP contribution in [0.3, 0.4) is 0 Å². The Morgan fingerprint density at radius 2 is 2.00 bits per heavy atom. The first-order valence-electron chi connectivity index (χ1n) is 5.22. The zero-order chi connectivity index (χ0) is 11.4. The fourth-order valence-corrected chi connectivity index (χ4v) is 1.54. The highest BCUT2D eigenvalue weighted by atomic mass is 16.5. The van der Waals surface area contributed by atoms with Gasteiger partial charge >= 0.3 is 0 Å². The van der Waals surface area contributed by atoms with E-state index in [0.29, 0.717) is 11.6 Å². The molecule has 0 radical (unpaired) electrons. The number of nitrogens with two attached hydrogens (primary N) is 1. The summed E-state index contributed by atoms with van der Waals surface area (Å²) in [7, 11) is 0. The summed E-state index contributed by atoms with van der Waals surface area (Å²) in [6.07, 6.45) is 1.67. The number of nitrogen functional groups attached to an aromatic ring is 1. The van der Waals surface area contributed by atoms with E-state index in [2.05, 4.69) is 5.16 Å². The van der Waals surface area contributed by atoms with Crippen LogP contribution in [0.4, 0.5) is 5.82 Å². The first-order chi connectivity index (χ1) is 7.79. The average molecular weight is 218 g/mol. The number of aryl methyl sites for hydroxylation is 1. The van der Waals surface area contributed by atoms with Crippen molar-refractivity contribution >= 4 is 5.82 Å². The minimum Gasteiger partial charge on any atom is -0.396 e. The van der Waals surface area contributed by atoms with Crippen LogP contribution >= 0.6 is 0 Å². The molecule has 0 amide bonds. The number of aliphatic hydroxyl groups excluding tert-OH is 1. The Morgan fingerprint density at radius 1 is 1.25 bits per heavy atom. The molecule has 1 aromatic heterocycles. The summed E-state index contributed by atoms with van der Waals surface area (Å²) in [5.41, 5.74) is 7.63. The third kappa shape index (κ3) is 2.41. The van der Waals surface area contributed by atoms with Crippen LogP contribution in [0.5, 0.6) is 0 Å². The van der Waals surface area contributed by atoms with E-state index in [-0.39, 0.29) is 6.61 Å². The van der Waals surface area contributed by atoms with Crippen molar-refractivity contribution in [2.45, 2.75) is 12.8 Å². The summed E-state index contributed by atoms with van der Waals surface area (Å²) < 4.78 is 5.06. The molecule has 16 heavy (non-hydrogen) atoms. The van der Waals surface area contributed by atoms with Gasteiger partial charge in [0.05, 0.1) is 0 Å². The SMILES string of the molecule is Nc1cc(-c2ccc(CCCO)cc2)on1. The van der Waals surface area contributed by atoms with Gasteiger partial charge in [0, 0.05) is 18.2 Å². The molecule has 0 spiro atoms. The molecule has 2 aromatic rings. The van der Waals surface area contributed by atoms with E-state index >= 15 is 0 Å². The second kappa shape index (κ2) is 4.81. The summed E-state index contributed by atoms with van der Waals surface area (Å²) >= 11 is 0. The summed E-state index contributed by atoms with van der Waals surface area (Å²) in [4.78, 5) is 0. The molecule has 84 valence electrons. The van der Waals surface area contributed by atoms with Crippen LogP contribution in [-0.4, -0.2) is 16.9 Å². The van der Waals surface area contributed by atoms with Gasteiger partial charge in [-0.3, -0.25) is 0 Å². The Bertz CT molecular complexity index is 448. The minimum absolute atomic E-state index is 0.223. The third-order valence-corrected chi connectivity index (χ3v) is 2.39. The third-order valence-electron chi connectivity index (χ3n) is 2.39. The quantitative estimate of drug-likeness (QED) is 0.821. The molecule has 0 aliphatic rings.